The zero-order chi connectivity index (χ0) is 11.6. The van der Waals surface area contributed by atoms with Crippen molar-refractivity contribution in [2.75, 3.05) is 6.61 Å². The van der Waals surface area contributed by atoms with Gasteiger partial charge in [-0.3, -0.25) is 0 Å². The Labute approximate surface area is 102 Å². The maximum atomic E-state index is 5.78. The summed E-state index contributed by atoms with van der Waals surface area (Å²) in [6.45, 7) is 11.7. The molecule has 0 bridgehead atoms. The minimum Gasteiger partial charge on any atom is -0.492 e. The molecule has 0 amide bonds. The number of ether oxygens (including phenoxy) is 1. The third kappa shape index (κ3) is 2.87. The Morgan fingerprint density at radius 1 is 1.53 bits per heavy atom. The lowest BCUT2D eigenvalue weighted by molar-refractivity contribution is 0.207. The normalized spacial score (nSPS) is 24.1. The van der Waals surface area contributed by atoms with Crippen LogP contribution in [0.1, 0.15) is 41.0 Å². The van der Waals surface area contributed by atoms with Crippen molar-refractivity contribution >= 4 is 15.9 Å². The lowest BCUT2D eigenvalue weighted by Gasteiger charge is -2.17. The first-order chi connectivity index (χ1) is 6.88. The van der Waals surface area contributed by atoms with E-state index in [-0.39, 0.29) is 5.41 Å². The molecule has 1 aliphatic rings. The highest BCUT2D eigenvalue weighted by Crippen LogP contribution is 2.41. The summed E-state index contributed by atoms with van der Waals surface area (Å²) in [5, 5.41) is 0. The van der Waals surface area contributed by atoms with Gasteiger partial charge in [0.1, 0.15) is 5.76 Å². The quantitative estimate of drug-likeness (QED) is 0.676. The van der Waals surface area contributed by atoms with E-state index < -0.39 is 0 Å². The van der Waals surface area contributed by atoms with Crippen molar-refractivity contribution < 1.29 is 4.74 Å². The van der Waals surface area contributed by atoms with Crippen LogP contribution in [0.3, 0.4) is 0 Å². The molecule has 0 saturated carbocycles. The average molecular weight is 273 g/mol. The number of allylic oxidation sites excluding steroid dienone is 3. The highest BCUT2D eigenvalue weighted by molar-refractivity contribution is 9.09. The fourth-order valence-corrected chi connectivity index (χ4v) is 1.99. The van der Waals surface area contributed by atoms with Crippen LogP contribution in [0.15, 0.2) is 23.0 Å². The Hall–Kier alpha value is -0.240. The third-order valence-electron chi connectivity index (χ3n) is 2.74. The van der Waals surface area contributed by atoms with E-state index in [1.807, 2.05) is 0 Å². The second-order valence-corrected chi connectivity index (χ2v) is 6.18. The van der Waals surface area contributed by atoms with Crippen LogP contribution < -0.4 is 0 Å². The molecular formula is C13H21BrO. The number of hydrogen-bond donors (Lipinski definition) is 0. The summed E-state index contributed by atoms with van der Waals surface area (Å²) in [6, 6.07) is 0. The molecule has 86 valence electrons. The predicted octanol–water partition coefficient (Wildman–Crippen LogP) is 4.44. The molecule has 0 aromatic heterocycles. The predicted molar refractivity (Wildman–Crippen MR) is 69.2 cm³/mol. The maximum absolute atomic E-state index is 5.78. The van der Waals surface area contributed by atoms with Crippen molar-refractivity contribution in [1.29, 1.82) is 0 Å². The van der Waals surface area contributed by atoms with Gasteiger partial charge in [-0.05, 0) is 25.8 Å². The van der Waals surface area contributed by atoms with E-state index in [4.69, 9.17) is 4.74 Å². The highest BCUT2D eigenvalue weighted by Gasteiger charge is 2.35. The van der Waals surface area contributed by atoms with Crippen molar-refractivity contribution in [3.05, 3.63) is 23.0 Å². The largest absolute Gasteiger partial charge is 0.492 e. The van der Waals surface area contributed by atoms with Gasteiger partial charge in [0, 0.05) is 15.8 Å². The van der Waals surface area contributed by atoms with Crippen LogP contribution in [-0.4, -0.2) is 11.4 Å². The van der Waals surface area contributed by atoms with E-state index in [1.54, 1.807) is 0 Å². The average Bonchev–Trinajstić information content (AvgIpc) is 2.42. The van der Waals surface area contributed by atoms with E-state index in [1.165, 1.54) is 11.1 Å². The summed E-state index contributed by atoms with van der Waals surface area (Å²) in [5.74, 6) is 1.10. The van der Waals surface area contributed by atoms with Crippen LogP contribution >= 0.6 is 15.9 Å². The highest BCUT2D eigenvalue weighted by atomic mass is 79.9. The van der Waals surface area contributed by atoms with Crippen LogP contribution in [0, 0.1) is 5.41 Å². The van der Waals surface area contributed by atoms with E-state index >= 15 is 0 Å². The van der Waals surface area contributed by atoms with Crippen molar-refractivity contribution in [3.63, 3.8) is 0 Å². The lowest BCUT2D eigenvalue weighted by Crippen LogP contribution is -2.13. The molecule has 0 aromatic rings. The molecular weight excluding hydrogens is 252 g/mol. The number of halogens is 1. The topological polar surface area (TPSA) is 9.23 Å². The second-order valence-electron chi connectivity index (χ2n) is 5.01. The molecule has 1 unspecified atom stereocenters. The molecule has 0 aromatic carbocycles. The Morgan fingerprint density at radius 2 is 2.13 bits per heavy atom. The Balaban J connectivity index is 3.09. The van der Waals surface area contributed by atoms with Gasteiger partial charge in [0.05, 0.1) is 6.61 Å². The van der Waals surface area contributed by atoms with Crippen LogP contribution in [0.5, 0.6) is 0 Å². The minimum absolute atomic E-state index is 0.147. The lowest BCUT2D eigenvalue weighted by atomic mass is 9.84. The van der Waals surface area contributed by atoms with Crippen molar-refractivity contribution in [1.82, 2.24) is 0 Å². The third-order valence-corrected chi connectivity index (χ3v) is 3.65. The monoisotopic (exact) mass is 272 g/mol. The van der Waals surface area contributed by atoms with Crippen molar-refractivity contribution in [2.45, 2.75) is 45.9 Å². The zero-order valence-electron chi connectivity index (χ0n) is 10.4. The summed E-state index contributed by atoms with van der Waals surface area (Å²) in [4.78, 5) is 0.447. The number of alkyl halides is 1. The minimum atomic E-state index is 0.147. The molecule has 1 rings (SSSR count). The molecule has 1 heterocycles. The van der Waals surface area contributed by atoms with E-state index in [0.717, 1.165) is 18.8 Å². The number of rotatable bonds is 2. The Bertz CT molecular complexity index is 296. The molecule has 0 radical (unpaired) electrons. The van der Waals surface area contributed by atoms with Gasteiger partial charge in [-0.15, -0.1) is 0 Å². The molecule has 2 heteroatoms. The SMILES string of the molecule is CCC(Br)/C=C1\C(=C(C)C)OCC1(C)C. The van der Waals surface area contributed by atoms with Crippen LogP contribution in [-0.2, 0) is 4.74 Å². The first kappa shape index (κ1) is 12.8. The fraction of sp³-hybridized carbons (Fsp3) is 0.692. The summed E-state index contributed by atoms with van der Waals surface area (Å²) >= 11 is 3.66. The summed E-state index contributed by atoms with van der Waals surface area (Å²) in [6.07, 6.45) is 3.41. The van der Waals surface area contributed by atoms with Crippen molar-refractivity contribution in [3.8, 4) is 0 Å². The molecule has 1 saturated heterocycles. The molecule has 1 atom stereocenters. The van der Waals surface area contributed by atoms with E-state index in [2.05, 4.69) is 56.6 Å². The molecule has 1 aliphatic heterocycles. The summed E-state index contributed by atoms with van der Waals surface area (Å²) in [5.41, 5.74) is 2.77. The van der Waals surface area contributed by atoms with E-state index in [0.29, 0.717) is 4.83 Å². The fourth-order valence-electron chi connectivity index (χ4n) is 1.73. The molecule has 1 nitrogen and oxygen atoms in total. The van der Waals surface area contributed by atoms with Gasteiger partial charge in [0.25, 0.3) is 0 Å². The first-order valence-electron chi connectivity index (χ1n) is 5.55. The van der Waals surface area contributed by atoms with Gasteiger partial charge in [-0.25, -0.2) is 0 Å². The van der Waals surface area contributed by atoms with Gasteiger partial charge >= 0.3 is 0 Å². The second kappa shape index (κ2) is 4.73. The smallest absolute Gasteiger partial charge is 0.121 e. The Kier molecular flexibility index (Phi) is 4.05. The molecule has 1 fully saturated rings. The zero-order valence-corrected chi connectivity index (χ0v) is 11.9. The van der Waals surface area contributed by atoms with Crippen LogP contribution in [0.25, 0.3) is 0 Å². The molecule has 15 heavy (non-hydrogen) atoms. The van der Waals surface area contributed by atoms with Gasteiger partial charge in [-0.2, -0.15) is 0 Å². The van der Waals surface area contributed by atoms with Gasteiger partial charge in [-0.1, -0.05) is 42.8 Å². The molecule has 0 spiro atoms. The van der Waals surface area contributed by atoms with Crippen molar-refractivity contribution in [2.24, 2.45) is 5.41 Å². The molecule has 0 aliphatic carbocycles. The van der Waals surface area contributed by atoms with Gasteiger partial charge in [0.15, 0.2) is 0 Å². The Morgan fingerprint density at radius 3 is 2.60 bits per heavy atom. The first-order valence-corrected chi connectivity index (χ1v) is 6.47. The maximum Gasteiger partial charge on any atom is 0.121 e. The van der Waals surface area contributed by atoms with Gasteiger partial charge in [0.2, 0.25) is 0 Å². The summed E-state index contributed by atoms with van der Waals surface area (Å²) < 4.78 is 5.78. The standard InChI is InChI=1S/C13H21BrO/c1-6-10(14)7-11-12(9(2)3)15-8-13(11,4)5/h7,10H,6,8H2,1-5H3/b11-7+. The molecule has 0 N–H and O–H groups in total. The summed E-state index contributed by atoms with van der Waals surface area (Å²) in [7, 11) is 0. The number of hydrogen-bond acceptors (Lipinski definition) is 1. The van der Waals surface area contributed by atoms with Crippen LogP contribution in [0.2, 0.25) is 0 Å². The van der Waals surface area contributed by atoms with E-state index in [9.17, 15) is 0 Å². The van der Waals surface area contributed by atoms with Crippen LogP contribution in [0.4, 0.5) is 0 Å². The van der Waals surface area contributed by atoms with Gasteiger partial charge < -0.3 is 4.74 Å².